The first-order chi connectivity index (χ1) is 21.9. The lowest BCUT2D eigenvalue weighted by Crippen LogP contribution is -2.36. The van der Waals surface area contributed by atoms with Crippen molar-refractivity contribution in [2.75, 3.05) is 7.05 Å². The van der Waals surface area contributed by atoms with E-state index in [0.29, 0.717) is 0 Å². The van der Waals surface area contributed by atoms with Crippen LogP contribution in [0.3, 0.4) is 0 Å². The van der Waals surface area contributed by atoms with Gasteiger partial charge in [-0.2, -0.15) is 9.14 Å². The van der Waals surface area contributed by atoms with Crippen LogP contribution in [0.1, 0.15) is 25.0 Å². The van der Waals surface area contributed by atoms with Crippen molar-refractivity contribution in [3.8, 4) is 45.1 Å². The molecule has 0 unspecified atom stereocenters. The quantitative estimate of drug-likeness (QED) is 0.194. The Bertz CT molecular complexity index is 2010. The molecule has 3 heteroatoms. The van der Waals surface area contributed by atoms with Crippen molar-refractivity contribution in [3.63, 3.8) is 0 Å². The molecular formula is C42H36N2O+2. The first-order valence-corrected chi connectivity index (χ1v) is 15.4. The summed E-state index contributed by atoms with van der Waals surface area (Å²) in [4.78, 5) is 0. The highest BCUT2D eigenvalue weighted by Crippen LogP contribution is 2.39. The summed E-state index contributed by atoms with van der Waals surface area (Å²) in [6, 6.07) is 50.6. The minimum absolute atomic E-state index is 0.155. The number of aromatic nitrogens is 1. The fourth-order valence-corrected chi connectivity index (χ4v) is 6.60. The second-order valence-electron chi connectivity index (χ2n) is 12.1. The molecule has 0 radical (unpaired) electrons. The van der Waals surface area contributed by atoms with E-state index in [2.05, 4.69) is 157 Å². The van der Waals surface area contributed by atoms with Gasteiger partial charge in [0, 0.05) is 58.7 Å². The molecule has 0 saturated heterocycles. The molecule has 218 valence electrons. The minimum atomic E-state index is -0.155. The summed E-state index contributed by atoms with van der Waals surface area (Å²) < 4.78 is 4.56. The molecule has 0 saturated carbocycles. The van der Waals surface area contributed by atoms with Gasteiger partial charge in [-0.05, 0) is 61.4 Å². The Morgan fingerprint density at radius 2 is 1.09 bits per heavy atom. The lowest BCUT2D eigenvalue weighted by molar-refractivity contribution is -0.572. The zero-order valence-electron chi connectivity index (χ0n) is 25.9. The van der Waals surface area contributed by atoms with Gasteiger partial charge in [0.2, 0.25) is 22.8 Å². The maximum atomic E-state index is 11.1. The molecule has 0 bridgehead atoms. The van der Waals surface area contributed by atoms with Crippen LogP contribution in [0.5, 0.6) is 5.75 Å². The van der Waals surface area contributed by atoms with Crippen LogP contribution in [0.25, 0.3) is 45.4 Å². The van der Waals surface area contributed by atoms with Gasteiger partial charge in [-0.25, -0.2) is 0 Å². The summed E-state index contributed by atoms with van der Waals surface area (Å²) in [7, 11) is 2.12. The molecule has 3 nitrogen and oxygen atoms in total. The lowest BCUT2D eigenvalue weighted by atomic mass is 9.81. The number of allylic oxidation sites excluding steroid dienone is 1. The summed E-state index contributed by atoms with van der Waals surface area (Å²) in [5.41, 5.74) is 11.9. The topological polar surface area (TPSA) is 27.1 Å². The van der Waals surface area contributed by atoms with E-state index in [1.807, 2.05) is 24.3 Å². The predicted octanol–water partition coefficient (Wildman–Crippen LogP) is 9.39. The van der Waals surface area contributed by atoms with Gasteiger partial charge < -0.3 is 5.11 Å². The van der Waals surface area contributed by atoms with Crippen LogP contribution in [0.2, 0.25) is 0 Å². The molecule has 5 aromatic carbocycles. The second kappa shape index (κ2) is 11.5. The highest BCUT2D eigenvalue weighted by Gasteiger charge is 2.42. The first kappa shape index (κ1) is 28.2. The molecule has 1 N–H and O–H groups in total. The summed E-state index contributed by atoms with van der Waals surface area (Å²) in [5.74, 6) is 0.246. The molecule has 0 spiro atoms. The van der Waals surface area contributed by atoms with Gasteiger partial charge in [0.1, 0.15) is 12.8 Å². The van der Waals surface area contributed by atoms with Crippen molar-refractivity contribution in [3.05, 3.63) is 163 Å². The minimum Gasteiger partial charge on any atom is -0.507 e. The number of phenols is 1. The highest BCUT2D eigenvalue weighted by molar-refractivity contribution is 6.05. The maximum absolute atomic E-state index is 11.1. The predicted molar refractivity (Wildman–Crippen MR) is 185 cm³/mol. The van der Waals surface area contributed by atoms with Crippen LogP contribution in [0, 0.1) is 0 Å². The van der Waals surface area contributed by atoms with E-state index in [-0.39, 0.29) is 11.2 Å². The molecule has 0 amide bonds. The Hall–Kier alpha value is -5.54. The smallest absolute Gasteiger partial charge is 0.219 e. The van der Waals surface area contributed by atoms with Crippen molar-refractivity contribution in [1.82, 2.24) is 0 Å². The van der Waals surface area contributed by atoms with E-state index in [4.69, 9.17) is 0 Å². The number of para-hydroxylation sites is 1. The van der Waals surface area contributed by atoms with E-state index < -0.39 is 0 Å². The molecule has 1 aliphatic rings. The van der Waals surface area contributed by atoms with Crippen LogP contribution in [-0.2, 0) is 5.41 Å². The SMILES string of the molecule is C[N+]1=C(/C=C\c2cc(-[n+]3c(-c4ccccc4)cc(-c4ccccc4)cc3-c3ccccc3)ccc2O)C(C)(C)c2ccccc21. The molecule has 0 atom stereocenters. The Labute approximate surface area is 265 Å². The van der Waals surface area contributed by atoms with Crippen molar-refractivity contribution in [2.24, 2.45) is 0 Å². The Balaban J connectivity index is 1.42. The van der Waals surface area contributed by atoms with E-state index in [0.717, 1.165) is 44.9 Å². The molecule has 1 aromatic heterocycles. The summed E-state index contributed by atoms with van der Waals surface area (Å²) >= 11 is 0. The van der Waals surface area contributed by atoms with Crippen LogP contribution < -0.4 is 4.57 Å². The monoisotopic (exact) mass is 584 g/mol. The fraction of sp³-hybridized carbons (Fsp3) is 0.0952. The van der Waals surface area contributed by atoms with Crippen molar-refractivity contribution in [2.45, 2.75) is 19.3 Å². The number of benzene rings is 5. The van der Waals surface area contributed by atoms with Crippen molar-refractivity contribution in [1.29, 1.82) is 0 Å². The molecule has 0 fully saturated rings. The van der Waals surface area contributed by atoms with Gasteiger partial charge in [-0.15, -0.1) is 0 Å². The summed E-state index contributed by atoms with van der Waals surface area (Å²) in [6.45, 7) is 4.52. The van der Waals surface area contributed by atoms with E-state index >= 15 is 0 Å². The fourth-order valence-electron chi connectivity index (χ4n) is 6.60. The van der Waals surface area contributed by atoms with Crippen LogP contribution in [-0.4, -0.2) is 22.4 Å². The first-order valence-electron chi connectivity index (χ1n) is 15.4. The van der Waals surface area contributed by atoms with Gasteiger partial charge >= 0.3 is 0 Å². The van der Waals surface area contributed by atoms with Gasteiger partial charge in [-0.3, -0.25) is 0 Å². The number of fused-ring (bicyclic) bond motifs is 1. The summed E-state index contributed by atoms with van der Waals surface area (Å²) in [5, 5.41) is 11.1. The van der Waals surface area contributed by atoms with Crippen LogP contribution in [0.15, 0.2) is 152 Å². The molecule has 45 heavy (non-hydrogen) atoms. The number of hydrogen-bond acceptors (Lipinski definition) is 1. The van der Waals surface area contributed by atoms with Crippen molar-refractivity contribution < 1.29 is 14.2 Å². The standard InChI is InChI=1S/C42H35N2O/c1-42(2)36-21-13-14-22-37(36)43(3)41(42)26-23-33-27-35(24-25-40(33)45)44-38(31-17-9-5-10-18-31)28-34(30-15-7-4-8-16-30)29-39(44)32-19-11-6-12-20-32/h4-29H,1-3H3/q+1/p+1. The second-order valence-corrected chi connectivity index (χ2v) is 12.1. The Kier molecular flexibility index (Phi) is 7.23. The van der Waals surface area contributed by atoms with E-state index in [1.54, 1.807) is 6.07 Å². The van der Waals surface area contributed by atoms with Gasteiger partial charge in [-0.1, -0.05) is 84.9 Å². The number of pyridine rings is 1. The Morgan fingerprint density at radius 3 is 1.67 bits per heavy atom. The van der Waals surface area contributed by atoms with Gasteiger partial charge in [0.05, 0.1) is 5.41 Å². The van der Waals surface area contributed by atoms with Crippen LogP contribution >= 0.6 is 0 Å². The zero-order chi connectivity index (χ0) is 31.0. The molecule has 6 aromatic rings. The number of aromatic hydroxyl groups is 1. The average Bonchev–Trinajstić information content (AvgIpc) is 3.28. The van der Waals surface area contributed by atoms with E-state index in [9.17, 15) is 5.11 Å². The zero-order valence-corrected chi connectivity index (χ0v) is 25.9. The molecular weight excluding hydrogens is 548 g/mol. The number of rotatable bonds is 6. The number of nitrogens with zero attached hydrogens (tertiary/aromatic N) is 2. The van der Waals surface area contributed by atoms with Gasteiger partial charge in [0.15, 0.2) is 5.71 Å². The van der Waals surface area contributed by atoms with E-state index in [1.165, 1.54) is 17.0 Å². The van der Waals surface area contributed by atoms with Gasteiger partial charge in [0.25, 0.3) is 0 Å². The number of phenolic OH excluding ortho intramolecular Hbond substituents is 1. The van der Waals surface area contributed by atoms with Crippen LogP contribution in [0.4, 0.5) is 5.69 Å². The normalized spacial score (nSPS) is 13.8. The molecule has 7 rings (SSSR count). The maximum Gasteiger partial charge on any atom is 0.219 e. The summed E-state index contributed by atoms with van der Waals surface area (Å²) in [6.07, 6.45) is 4.19. The number of hydrogen-bond donors (Lipinski definition) is 1. The molecule has 0 aliphatic carbocycles. The third-order valence-corrected chi connectivity index (χ3v) is 8.94. The molecule has 1 aliphatic heterocycles. The third kappa shape index (κ3) is 5.17. The lowest BCUT2D eigenvalue weighted by Gasteiger charge is -2.15. The molecule has 2 heterocycles. The Morgan fingerprint density at radius 1 is 0.556 bits per heavy atom. The third-order valence-electron chi connectivity index (χ3n) is 8.94. The largest absolute Gasteiger partial charge is 0.507 e. The average molecular weight is 585 g/mol. The van der Waals surface area contributed by atoms with Crippen molar-refractivity contribution >= 4 is 17.5 Å². The highest BCUT2D eigenvalue weighted by atomic mass is 16.3.